The molecule has 0 unspecified atom stereocenters. The highest BCUT2D eigenvalue weighted by Crippen LogP contribution is 2.05. The number of aliphatic imine (C=N–C) groups is 1. The van der Waals surface area contributed by atoms with Crippen LogP contribution in [0.2, 0.25) is 0 Å². The molecule has 0 spiro atoms. The van der Waals surface area contributed by atoms with E-state index in [1.807, 2.05) is 0 Å². The van der Waals surface area contributed by atoms with Crippen LogP contribution in [0.4, 0.5) is 0 Å². The van der Waals surface area contributed by atoms with Gasteiger partial charge in [-0.25, -0.2) is 0 Å². The van der Waals surface area contributed by atoms with E-state index in [0.29, 0.717) is 0 Å². The van der Waals surface area contributed by atoms with Gasteiger partial charge in [-0.2, -0.15) is 0 Å². The first-order chi connectivity index (χ1) is 4.47. The molecule has 0 aromatic carbocycles. The van der Waals surface area contributed by atoms with Crippen LogP contribution in [0, 0.1) is 6.54 Å². The monoisotopic (exact) mass is 123 g/mol. The van der Waals surface area contributed by atoms with Crippen molar-refractivity contribution in [2.75, 3.05) is 19.6 Å². The summed E-state index contributed by atoms with van der Waals surface area (Å²) in [7, 11) is 0. The van der Waals surface area contributed by atoms with E-state index < -0.39 is 0 Å². The zero-order valence-electron chi connectivity index (χ0n) is 5.22. The van der Waals surface area contributed by atoms with Crippen molar-refractivity contribution in [1.29, 1.82) is 0 Å². The Labute approximate surface area is 54.8 Å². The molecule has 2 aliphatic rings. The van der Waals surface area contributed by atoms with Gasteiger partial charge < -0.3 is 10.2 Å². The van der Waals surface area contributed by atoms with Gasteiger partial charge >= 0.3 is 0 Å². The minimum absolute atomic E-state index is 0.948. The summed E-state index contributed by atoms with van der Waals surface area (Å²) in [6, 6.07) is 0. The maximum Gasteiger partial charge on any atom is 0.194 e. The third-order valence-corrected chi connectivity index (χ3v) is 1.64. The molecule has 1 N–H and O–H groups in total. The topological polar surface area (TPSA) is 27.6 Å². The van der Waals surface area contributed by atoms with Crippen LogP contribution in [0.25, 0.3) is 0 Å². The van der Waals surface area contributed by atoms with Crippen molar-refractivity contribution in [3.63, 3.8) is 0 Å². The van der Waals surface area contributed by atoms with E-state index in [1.165, 1.54) is 0 Å². The van der Waals surface area contributed by atoms with Crippen molar-refractivity contribution in [1.82, 2.24) is 10.2 Å². The maximum atomic E-state index is 4.23. The third-order valence-electron chi connectivity index (χ3n) is 1.64. The predicted octanol–water partition coefficient (Wildman–Crippen LogP) is -0.310. The average molecular weight is 123 g/mol. The van der Waals surface area contributed by atoms with Gasteiger partial charge in [-0.3, -0.25) is 4.99 Å². The lowest BCUT2D eigenvalue weighted by molar-refractivity contribution is 0.422. The smallest absolute Gasteiger partial charge is 0.194 e. The van der Waals surface area contributed by atoms with E-state index in [4.69, 9.17) is 0 Å². The quantitative estimate of drug-likeness (QED) is 0.478. The summed E-state index contributed by atoms with van der Waals surface area (Å²) in [5.74, 6) is 1.02. The van der Waals surface area contributed by atoms with Crippen LogP contribution in [0.3, 0.4) is 0 Å². The van der Waals surface area contributed by atoms with Gasteiger partial charge in [0.15, 0.2) is 5.96 Å². The normalized spacial score (nSPS) is 24.9. The SMILES string of the molecule is [C]1CCN2CCN=C2N1. The van der Waals surface area contributed by atoms with Gasteiger partial charge in [0.2, 0.25) is 0 Å². The molecule has 0 aromatic heterocycles. The molecule has 0 bridgehead atoms. The first kappa shape index (κ1) is 5.09. The van der Waals surface area contributed by atoms with Crippen LogP contribution in [0.5, 0.6) is 0 Å². The molecule has 2 rings (SSSR count). The number of hydrogen-bond acceptors (Lipinski definition) is 3. The fourth-order valence-corrected chi connectivity index (χ4v) is 1.15. The Hall–Kier alpha value is -0.730. The summed E-state index contributed by atoms with van der Waals surface area (Å²) >= 11 is 0. The molecule has 0 aromatic rings. The number of nitrogens with one attached hydrogen (secondary N) is 1. The van der Waals surface area contributed by atoms with Gasteiger partial charge in [0.1, 0.15) is 0 Å². The van der Waals surface area contributed by atoms with Gasteiger partial charge in [-0.1, -0.05) is 0 Å². The van der Waals surface area contributed by atoms with Gasteiger partial charge in [0.25, 0.3) is 0 Å². The van der Waals surface area contributed by atoms with E-state index in [9.17, 15) is 0 Å². The van der Waals surface area contributed by atoms with Gasteiger partial charge in [-0.05, 0) is 6.42 Å². The molecular weight excluding hydrogens is 114 g/mol. The molecule has 3 heteroatoms. The van der Waals surface area contributed by atoms with Crippen molar-refractivity contribution in [3.8, 4) is 0 Å². The minimum Gasteiger partial charge on any atom is -0.346 e. The first-order valence-corrected chi connectivity index (χ1v) is 3.25. The molecule has 3 nitrogen and oxygen atoms in total. The van der Waals surface area contributed by atoms with Crippen LogP contribution in [-0.4, -0.2) is 30.5 Å². The van der Waals surface area contributed by atoms with Crippen molar-refractivity contribution in [3.05, 3.63) is 6.54 Å². The van der Waals surface area contributed by atoms with E-state index in [2.05, 4.69) is 21.8 Å². The molecule has 0 saturated carbocycles. The van der Waals surface area contributed by atoms with E-state index >= 15 is 0 Å². The molecule has 48 valence electrons. The van der Waals surface area contributed by atoms with Crippen LogP contribution in [0.1, 0.15) is 6.42 Å². The Morgan fingerprint density at radius 1 is 1.56 bits per heavy atom. The summed E-state index contributed by atoms with van der Waals surface area (Å²) in [4.78, 5) is 6.47. The largest absolute Gasteiger partial charge is 0.346 e. The fourth-order valence-electron chi connectivity index (χ4n) is 1.15. The second-order valence-corrected chi connectivity index (χ2v) is 2.24. The van der Waals surface area contributed by atoms with Gasteiger partial charge in [0.05, 0.1) is 13.1 Å². The summed E-state index contributed by atoms with van der Waals surface area (Å²) < 4.78 is 0. The predicted molar refractivity (Wildman–Crippen MR) is 34.9 cm³/mol. The molecular formula is C6H9N3. The van der Waals surface area contributed by atoms with Gasteiger partial charge in [-0.15, -0.1) is 0 Å². The van der Waals surface area contributed by atoms with Gasteiger partial charge in [0, 0.05) is 13.1 Å². The highest BCUT2D eigenvalue weighted by molar-refractivity contribution is 5.82. The van der Waals surface area contributed by atoms with Crippen molar-refractivity contribution in [2.24, 2.45) is 4.99 Å². The summed E-state index contributed by atoms with van der Waals surface area (Å²) in [5, 5.41) is 3.01. The molecule has 9 heavy (non-hydrogen) atoms. The van der Waals surface area contributed by atoms with Crippen LogP contribution < -0.4 is 5.32 Å². The molecule has 2 aliphatic heterocycles. The second-order valence-electron chi connectivity index (χ2n) is 2.24. The minimum atomic E-state index is 0.948. The Balaban J connectivity index is 2.09. The fraction of sp³-hybridized carbons (Fsp3) is 0.667. The van der Waals surface area contributed by atoms with Crippen LogP contribution >= 0.6 is 0 Å². The third kappa shape index (κ3) is 0.763. The first-order valence-electron chi connectivity index (χ1n) is 3.25. The zero-order valence-corrected chi connectivity index (χ0v) is 5.22. The maximum absolute atomic E-state index is 4.23. The van der Waals surface area contributed by atoms with Crippen molar-refractivity contribution < 1.29 is 0 Å². The van der Waals surface area contributed by atoms with E-state index in [1.54, 1.807) is 0 Å². The number of hydrogen-bond donors (Lipinski definition) is 1. The molecule has 1 saturated heterocycles. The average Bonchev–Trinajstić information content (AvgIpc) is 2.33. The standard InChI is InChI=1S/C6H9N3/c1-2-7-6-8-3-5-9(6)4-1/h1,3-5H2,(H,7,8). The molecule has 0 aliphatic carbocycles. The highest BCUT2D eigenvalue weighted by atomic mass is 15.3. The molecule has 0 amide bonds. The van der Waals surface area contributed by atoms with E-state index in [0.717, 1.165) is 32.0 Å². The molecule has 0 atom stereocenters. The summed E-state index contributed by atoms with van der Waals surface area (Å²) in [5.41, 5.74) is 0. The Morgan fingerprint density at radius 3 is 3.44 bits per heavy atom. The molecule has 2 heterocycles. The van der Waals surface area contributed by atoms with E-state index in [-0.39, 0.29) is 0 Å². The van der Waals surface area contributed by atoms with Crippen LogP contribution in [-0.2, 0) is 0 Å². The zero-order chi connectivity index (χ0) is 6.10. The lowest BCUT2D eigenvalue weighted by atomic mass is 10.3. The molecule has 2 radical (unpaired) electrons. The number of guanidine groups is 1. The second kappa shape index (κ2) is 1.90. The lowest BCUT2D eigenvalue weighted by Gasteiger charge is -2.24. The number of rotatable bonds is 0. The molecule has 1 fully saturated rings. The number of fused-ring (bicyclic) bond motifs is 1. The Morgan fingerprint density at radius 2 is 2.56 bits per heavy atom. The summed E-state index contributed by atoms with van der Waals surface area (Å²) in [6.07, 6.45) is 1.01. The Kier molecular flexibility index (Phi) is 1.07. The Bertz CT molecular complexity index is 141. The number of nitrogens with zero attached hydrogens (tertiary/aromatic N) is 2. The van der Waals surface area contributed by atoms with Crippen molar-refractivity contribution in [2.45, 2.75) is 6.42 Å². The summed E-state index contributed by atoms with van der Waals surface area (Å²) in [6.45, 7) is 6.16. The lowest BCUT2D eigenvalue weighted by Crippen LogP contribution is -2.42. The van der Waals surface area contributed by atoms with Crippen molar-refractivity contribution >= 4 is 5.96 Å². The van der Waals surface area contributed by atoms with Crippen LogP contribution in [0.15, 0.2) is 4.99 Å². The highest BCUT2D eigenvalue weighted by Gasteiger charge is 2.19.